The number of carbonyl (C=O) groups excluding carboxylic acids is 2. The minimum atomic E-state index is -0.131. The number of unbranched alkanes of at least 4 members (excludes halogenated alkanes) is 1. The van der Waals surface area contributed by atoms with Gasteiger partial charge in [0.2, 0.25) is 11.6 Å². The highest BCUT2D eigenvalue weighted by Crippen LogP contribution is 2.34. The van der Waals surface area contributed by atoms with Gasteiger partial charge in [-0.2, -0.15) is 0 Å². The molecule has 1 aromatic heterocycles. The van der Waals surface area contributed by atoms with Gasteiger partial charge in [0.15, 0.2) is 4.34 Å². The number of rotatable bonds is 4. The Balaban J connectivity index is 1.97. The maximum absolute atomic E-state index is 12.4. The molecule has 5 heteroatoms. The number of benzene rings is 1. The van der Waals surface area contributed by atoms with Crippen LogP contribution in [0.5, 0.6) is 0 Å². The summed E-state index contributed by atoms with van der Waals surface area (Å²) in [6.45, 7) is 2.14. The van der Waals surface area contributed by atoms with Crippen LogP contribution >= 0.6 is 23.1 Å². The van der Waals surface area contributed by atoms with Crippen molar-refractivity contribution in [3.63, 3.8) is 0 Å². The standard InChI is InChI=1S/C15H13NO2S2/c1-2-3-8-19-15-16-11-12(17)9-6-4-5-7-10(9)13(18)14(11)20-15/h4-7H,2-3,8H2,1H3. The van der Waals surface area contributed by atoms with E-state index in [0.29, 0.717) is 21.7 Å². The van der Waals surface area contributed by atoms with Crippen LogP contribution in [0.1, 0.15) is 51.1 Å². The van der Waals surface area contributed by atoms with E-state index in [2.05, 4.69) is 11.9 Å². The molecular weight excluding hydrogens is 290 g/mol. The second-order valence-corrected chi connectivity index (χ2v) is 6.90. The van der Waals surface area contributed by atoms with Crippen LogP contribution in [-0.2, 0) is 0 Å². The van der Waals surface area contributed by atoms with Crippen LogP contribution in [0.15, 0.2) is 28.6 Å². The average molecular weight is 303 g/mol. The quantitative estimate of drug-likeness (QED) is 0.543. The van der Waals surface area contributed by atoms with Crippen molar-refractivity contribution in [2.24, 2.45) is 0 Å². The fourth-order valence-electron chi connectivity index (χ4n) is 2.10. The van der Waals surface area contributed by atoms with E-state index >= 15 is 0 Å². The molecule has 0 amide bonds. The van der Waals surface area contributed by atoms with E-state index < -0.39 is 0 Å². The zero-order valence-corrected chi connectivity index (χ0v) is 12.6. The molecule has 0 spiro atoms. The molecule has 0 saturated heterocycles. The Hall–Kier alpha value is -1.46. The van der Waals surface area contributed by atoms with Gasteiger partial charge in [-0.05, 0) is 6.42 Å². The molecule has 20 heavy (non-hydrogen) atoms. The summed E-state index contributed by atoms with van der Waals surface area (Å²) in [5, 5.41) is 0. The Morgan fingerprint density at radius 1 is 1.15 bits per heavy atom. The molecule has 0 fully saturated rings. The molecule has 1 heterocycles. The molecule has 1 aliphatic carbocycles. The Labute approximate surface area is 125 Å². The van der Waals surface area contributed by atoms with Crippen molar-refractivity contribution in [3.05, 3.63) is 46.0 Å². The van der Waals surface area contributed by atoms with Gasteiger partial charge in [-0.1, -0.05) is 49.4 Å². The summed E-state index contributed by atoms with van der Waals surface area (Å²) in [7, 11) is 0. The molecular formula is C15H13NO2S2. The van der Waals surface area contributed by atoms with Gasteiger partial charge in [-0.25, -0.2) is 4.98 Å². The summed E-state index contributed by atoms with van der Waals surface area (Å²) in [6, 6.07) is 6.97. The number of hydrogen-bond donors (Lipinski definition) is 0. The van der Waals surface area contributed by atoms with Crippen LogP contribution in [0.3, 0.4) is 0 Å². The third kappa shape index (κ3) is 2.21. The lowest BCUT2D eigenvalue weighted by molar-refractivity contribution is 0.0979. The zero-order chi connectivity index (χ0) is 14.1. The zero-order valence-electron chi connectivity index (χ0n) is 11.0. The molecule has 3 nitrogen and oxygen atoms in total. The van der Waals surface area contributed by atoms with Crippen molar-refractivity contribution in [2.45, 2.75) is 24.1 Å². The van der Waals surface area contributed by atoms with E-state index in [1.165, 1.54) is 11.3 Å². The molecule has 0 aliphatic heterocycles. The SMILES string of the molecule is CCCCSc1nc2c(s1)C(=O)c1ccccc1C2=O. The predicted molar refractivity (Wildman–Crippen MR) is 81.1 cm³/mol. The van der Waals surface area contributed by atoms with Gasteiger partial charge in [0.05, 0.1) is 0 Å². The largest absolute Gasteiger partial charge is 0.288 e. The van der Waals surface area contributed by atoms with Gasteiger partial charge in [-0.15, -0.1) is 11.3 Å². The average Bonchev–Trinajstić information content (AvgIpc) is 2.90. The predicted octanol–water partition coefficient (Wildman–Crippen LogP) is 3.81. The van der Waals surface area contributed by atoms with Crippen LogP contribution in [0.4, 0.5) is 0 Å². The number of fused-ring (bicyclic) bond motifs is 2. The first-order valence-electron chi connectivity index (χ1n) is 6.54. The smallest absolute Gasteiger partial charge is 0.213 e. The van der Waals surface area contributed by atoms with Gasteiger partial charge in [0, 0.05) is 16.9 Å². The maximum Gasteiger partial charge on any atom is 0.213 e. The highest BCUT2D eigenvalue weighted by molar-refractivity contribution is 8.01. The van der Waals surface area contributed by atoms with Crippen molar-refractivity contribution in [3.8, 4) is 0 Å². The normalized spacial score (nSPS) is 13.2. The molecule has 0 bridgehead atoms. The molecule has 1 aliphatic rings. The first-order valence-corrected chi connectivity index (χ1v) is 8.34. The number of carbonyl (C=O) groups is 2. The third-order valence-corrected chi connectivity index (χ3v) is 5.45. The van der Waals surface area contributed by atoms with Crippen molar-refractivity contribution >= 4 is 34.7 Å². The lowest BCUT2D eigenvalue weighted by Gasteiger charge is -2.11. The first-order chi connectivity index (χ1) is 9.72. The van der Waals surface area contributed by atoms with E-state index in [1.807, 2.05) is 0 Å². The number of ketones is 2. The number of aromatic nitrogens is 1. The molecule has 0 N–H and O–H groups in total. The van der Waals surface area contributed by atoms with Crippen LogP contribution in [0, 0.1) is 0 Å². The van der Waals surface area contributed by atoms with Gasteiger partial charge in [-0.3, -0.25) is 9.59 Å². The molecule has 0 atom stereocenters. The second-order valence-electron chi connectivity index (χ2n) is 4.56. The maximum atomic E-state index is 12.4. The van der Waals surface area contributed by atoms with E-state index in [9.17, 15) is 9.59 Å². The highest BCUT2D eigenvalue weighted by atomic mass is 32.2. The van der Waals surface area contributed by atoms with Crippen LogP contribution in [-0.4, -0.2) is 22.3 Å². The molecule has 1 aromatic carbocycles. The van der Waals surface area contributed by atoms with E-state index in [0.717, 1.165) is 22.9 Å². The first kappa shape index (κ1) is 13.5. The molecule has 0 saturated carbocycles. The van der Waals surface area contributed by atoms with Crippen LogP contribution in [0.2, 0.25) is 0 Å². The Bertz CT molecular complexity index is 638. The third-order valence-electron chi connectivity index (χ3n) is 3.17. The Morgan fingerprint density at radius 2 is 1.85 bits per heavy atom. The van der Waals surface area contributed by atoms with Crippen molar-refractivity contribution < 1.29 is 9.59 Å². The summed E-state index contributed by atoms with van der Waals surface area (Å²) in [6.07, 6.45) is 2.23. The second kappa shape index (κ2) is 5.50. The molecule has 2 aromatic rings. The fourth-order valence-corrected chi connectivity index (χ4v) is 4.35. The lowest BCUT2D eigenvalue weighted by atomic mass is 9.92. The van der Waals surface area contributed by atoms with Gasteiger partial charge in [0.25, 0.3) is 0 Å². The van der Waals surface area contributed by atoms with Crippen molar-refractivity contribution in [1.29, 1.82) is 0 Å². The monoisotopic (exact) mass is 303 g/mol. The van der Waals surface area contributed by atoms with Gasteiger partial charge >= 0.3 is 0 Å². The van der Waals surface area contributed by atoms with Gasteiger partial charge < -0.3 is 0 Å². The summed E-state index contributed by atoms with van der Waals surface area (Å²) < 4.78 is 0.818. The topological polar surface area (TPSA) is 47.0 Å². The van der Waals surface area contributed by atoms with Gasteiger partial charge in [0.1, 0.15) is 10.6 Å². The Kier molecular flexibility index (Phi) is 3.72. The highest BCUT2D eigenvalue weighted by Gasteiger charge is 2.33. The molecule has 102 valence electrons. The lowest BCUT2D eigenvalue weighted by Crippen LogP contribution is -2.19. The number of thiazole rings is 1. The minimum absolute atomic E-state index is 0.0740. The van der Waals surface area contributed by atoms with E-state index in [4.69, 9.17) is 0 Å². The van der Waals surface area contributed by atoms with Crippen LogP contribution < -0.4 is 0 Å². The summed E-state index contributed by atoms with van der Waals surface area (Å²) in [4.78, 5) is 29.6. The molecule has 3 rings (SSSR count). The fraction of sp³-hybridized carbons (Fsp3) is 0.267. The summed E-state index contributed by atoms with van der Waals surface area (Å²) in [5.41, 5.74) is 1.30. The minimum Gasteiger partial charge on any atom is -0.288 e. The summed E-state index contributed by atoms with van der Waals surface area (Å²) in [5.74, 6) is 0.766. The van der Waals surface area contributed by atoms with E-state index in [1.54, 1.807) is 36.0 Å². The number of thioether (sulfide) groups is 1. The molecule has 0 unspecified atom stereocenters. The van der Waals surface area contributed by atoms with Crippen molar-refractivity contribution in [2.75, 3.05) is 5.75 Å². The number of nitrogens with zero attached hydrogens (tertiary/aromatic N) is 1. The van der Waals surface area contributed by atoms with E-state index in [-0.39, 0.29) is 11.6 Å². The van der Waals surface area contributed by atoms with Crippen LogP contribution in [0.25, 0.3) is 0 Å². The van der Waals surface area contributed by atoms with Crippen molar-refractivity contribution in [1.82, 2.24) is 4.98 Å². The molecule has 0 radical (unpaired) electrons. The number of hydrogen-bond acceptors (Lipinski definition) is 5. The summed E-state index contributed by atoms with van der Waals surface area (Å²) >= 11 is 2.97. The Morgan fingerprint density at radius 3 is 2.55 bits per heavy atom.